The van der Waals surface area contributed by atoms with Crippen LogP contribution in [-0.4, -0.2) is 83.0 Å². The number of fused-ring (bicyclic) bond motifs is 24. The van der Waals surface area contributed by atoms with Crippen LogP contribution in [0, 0.1) is 0 Å². The Labute approximate surface area is 908 Å². The Morgan fingerprint density at radius 2 is 0.463 bits per heavy atom. The standard InChI is InChI=1S/C21H19ClN2OS.C20H17ClN2O2S.C20H17ClN2OS.2C19H15ClN2OS.C19H14ClNO2S/c1-2-3-6-11-23-21-20-18(14-7-4-5-8-16(14)24-21)19(25)15-12-13(22)9-10-17(15)26-20;1-25-10-4-9-22-20-19-17(13-5-2-3-6-15(13)23-20)18(24)14-11-12(21)7-8-16(14)26-19;1-2-3-10-22-20-19-17(13-6-4-5-7-15(13)23-20)18(24)14-11-12(21)8-9-16(14)25-19;2*1-2-9-21-19-18-16(12-5-3-4-6-14(12)22-19)17(23)13-10-11(20)7-8-15(13)24-18;1-2-9-23-19-18-16(12-5-3-4-6-14(12)21-19)17(22)13-10-11(20)7-8-15(13)24-18/h4-5,7-10,12H,2-3,6,11H2,1H3,(H,23,24);2-3,5-8,11H,4,9-10H2,1H3,(H,22,23);4-9,11H,2-3,10H2,1H3,(H,22,23);2*3-8,10H,2,9H2,1H3,(H,21,22);3-8,10H,2,9H2,1H3. The number of halogens is 6. The molecular formula is C118H97Cl6N11O8S6. The predicted octanol–water partition coefficient (Wildman–Crippen LogP) is 33.4. The van der Waals surface area contributed by atoms with Crippen LogP contribution < -0.4 is 63.9 Å². The lowest BCUT2D eigenvalue weighted by Crippen LogP contribution is -2.09. The summed E-state index contributed by atoms with van der Waals surface area (Å²) in [6, 6.07) is 79.4. The van der Waals surface area contributed by atoms with Gasteiger partial charge in [0.15, 0.2) is 32.6 Å². The lowest BCUT2D eigenvalue weighted by Gasteiger charge is -2.12. The molecule has 24 rings (SSSR count). The van der Waals surface area contributed by atoms with E-state index in [4.69, 9.17) is 104 Å². The molecule has 0 aliphatic rings. The van der Waals surface area contributed by atoms with E-state index in [9.17, 15) is 28.8 Å². The Bertz CT molecular complexity index is 9150. The number of nitrogens with one attached hydrogen (secondary N) is 5. The monoisotopic (exact) mass is 2200 g/mol. The fourth-order valence-electron chi connectivity index (χ4n) is 17.9. The first-order chi connectivity index (χ1) is 72.6. The fraction of sp³-hybridized carbons (Fsp3) is 0.186. The van der Waals surface area contributed by atoms with Gasteiger partial charge in [-0.2, -0.15) is 0 Å². The molecule has 0 amide bonds. The van der Waals surface area contributed by atoms with Crippen molar-refractivity contribution >= 4 is 353 Å². The van der Waals surface area contributed by atoms with Crippen molar-refractivity contribution in [2.75, 3.05) is 79.6 Å². The van der Waals surface area contributed by atoms with Crippen LogP contribution in [0.2, 0.25) is 30.1 Å². The molecule has 12 aromatic heterocycles. The quantitative estimate of drug-likeness (QED) is 0.0226. The summed E-state index contributed by atoms with van der Waals surface area (Å²) in [6.45, 7) is 15.9. The molecule has 12 aromatic carbocycles. The third-order valence-electron chi connectivity index (χ3n) is 25.0. The third-order valence-corrected chi connectivity index (χ3v) is 33.5. The Balaban J connectivity index is 0.000000112. The summed E-state index contributed by atoms with van der Waals surface area (Å²) in [6.07, 6.45) is 9.35. The highest BCUT2D eigenvalue weighted by Crippen LogP contribution is 2.44. The Morgan fingerprint density at radius 3 is 0.711 bits per heavy atom. The Hall–Kier alpha value is -13.1. The van der Waals surface area contributed by atoms with E-state index in [0.29, 0.717) is 92.3 Å². The number of pyridine rings is 6. The van der Waals surface area contributed by atoms with Crippen molar-refractivity contribution in [1.29, 1.82) is 0 Å². The molecule has 12 heterocycles. The number of para-hydroxylation sites is 6. The van der Waals surface area contributed by atoms with Crippen molar-refractivity contribution in [2.45, 2.75) is 92.4 Å². The van der Waals surface area contributed by atoms with Gasteiger partial charge >= 0.3 is 0 Å². The average Bonchev–Trinajstić information content (AvgIpc) is 0.764. The van der Waals surface area contributed by atoms with Crippen LogP contribution in [0.3, 0.4) is 0 Å². The molecule has 0 radical (unpaired) electrons. The van der Waals surface area contributed by atoms with Gasteiger partial charge in [0, 0.05) is 169 Å². The predicted molar refractivity (Wildman–Crippen MR) is 645 cm³/mol. The van der Waals surface area contributed by atoms with E-state index >= 15 is 0 Å². The van der Waals surface area contributed by atoms with E-state index in [2.05, 4.69) is 59.3 Å². The number of anilines is 5. The number of hydrogen-bond acceptors (Lipinski definition) is 25. The molecule has 0 aliphatic carbocycles. The highest BCUT2D eigenvalue weighted by atomic mass is 35.5. The first-order valence-electron chi connectivity index (χ1n) is 49.1. The number of ether oxygens (including phenoxy) is 2. The van der Waals surface area contributed by atoms with Crippen molar-refractivity contribution < 1.29 is 9.47 Å². The largest absolute Gasteiger partial charge is 0.477 e. The van der Waals surface area contributed by atoms with E-state index in [1.807, 2.05) is 219 Å². The molecule has 0 fully saturated rings. The van der Waals surface area contributed by atoms with E-state index in [1.165, 1.54) is 24.2 Å². The number of benzene rings is 12. The molecule has 5 N–H and O–H groups in total. The SMILES string of the molecule is CCCCCNc1nc2ccccc2c2c(=O)c3cc(Cl)ccc3sc12.CCCCNc1nc2ccccc2c2c(=O)c3cc(Cl)ccc3sc12.CCCNc1nc2ccccc2c2c(=O)c3cc(Cl)ccc3sc12.CCCNc1nc2ccccc2c2c(=O)c3cc(Cl)ccc3sc12.CCCOc1nc2ccccc2c2c(=O)c3cc(Cl)ccc3sc12.COCCCNc1nc2ccccc2c2c(=O)c3cc(Cl)ccc3sc12. The van der Waals surface area contributed by atoms with Crippen molar-refractivity contribution in [3.63, 3.8) is 0 Å². The maximum atomic E-state index is 13.3. The van der Waals surface area contributed by atoms with Crippen LogP contribution in [0.4, 0.5) is 29.1 Å². The van der Waals surface area contributed by atoms with E-state index in [0.717, 1.165) is 250 Å². The van der Waals surface area contributed by atoms with Gasteiger partial charge in [-0.1, -0.05) is 233 Å². The number of nitrogens with zero attached hydrogens (tertiary/aromatic N) is 6. The van der Waals surface area contributed by atoms with Crippen molar-refractivity contribution in [1.82, 2.24) is 29.9 Å². The molecule has 750 valence electrons. The zero-order chi connectivity index (χ0) is 104. The molecule has 149 heavy (non-hydrogen) atoms. The average molecular weight is 2200 g/mol. The summed E-state index contributed by atoms with van der Waals surface area (Å²) in [5.41, 5.74) is 4.93. The molecule has 0 unspecified atom stereocenters. The molecule has 0 aliphatic heterocycles. The van der Waals surface area contributed by atoms with Crippen LogP contribution in [0.25, 0.3) is 186 Å². The summed E-state index contributed by atoms with van der Waals surface area (Å²) in [4.78, 5) is 108. The van der Waals surface area contributed by atoms with Crippen LogP contribution in [0.1, 0.15) is 92.4 Å². The highest BCUT2D eigenvalue weighted by Gasteiger charge is 2.24. The van der Waals surface area contributed by atoms with E-state index < -0.39 is 0 Å². The fourth-order valence-corrected chi connectivity index (χ4v) is 25.8. The molecule has 0 spiro atoms. The van der Waals surface area contributed by atoms with Gasteiger partial charge in [0.1, 0.15) is 33.8 Å². The van der Waals surface area contributed by atoms with Gasteiger partial charge in [0.25, 0.3) is 0 Å². The third kappa shape index (κ3) is 22.2. The normalized spacial score (nSPS) is 11.4. The first kappa shape index (κ1) is 104. The zero-order valence-corrected chi connectivity index (χ0v) is 91.2. The first-order valence-corrected chi connectivity index (χ1v) is 56.3. The van der Waals surface area contributed by atoms with Crippen molar-refractivity contribution in [3.05, 3.63) is 346 Å². The van der Waals surface area contributed by atoms with Gasteiger partial charge in [0.05, 0.1) is 95.5 Å². The molecular weight excluding hydrogens is 2100 g/mol. The maximum Gasteiger partial charge on any atom is 0.232 e. The highest BCUT2D eigenvalue weighted by molar-refractivity contribution is 7.27. The smallest absolute Gasteiger partial charge is 0.232 e. The number of aromatic nitrogens is 6. The Morgan fingerprint density at radius 1 is 0.235 bits per heavy atom. The summed E-state index contributed by atoms with van der Waals surface area (Å²) >= 11 is 46.1. The van der Waals surface area contributed by atoms with Crippen molar-refractivity contribution in [3.8, 4) is 5.88 Å². The number of methoxy groups -OCH3 is 1. The molecule has 0 bridgehead atoms. The minimum atomic E-state index is -0.0267. The van der Waals surface area contributed by atoms with Crippen LogP contribution in [-0.2, 0) is 4.74 Å². The Kier molecular flexibility index (Phi) is 33.2. The van der Waals surface area contributed by atoms with Gasteiger partial charge in [-0.25, -0.2) is 29.9 Å². The summed E-state index contributed by atoms with van der Waals surface area (Å²) < 4.78 is 21.8. The lowest BCUT2D eigenvalue weighted by molar-refractivity contribution is 0.198. The molecule has 24 aromatic rings. The number of rotatable bonds is 23. The minimum Gasteiger partial charge on any atom is -0.477 e. The van der Waals surface area contributed by atoms with Crippen LogP contribution in [0.5, 0.6) is 5.88 Å². The van der Waals surface area contributed by atoms with Crippen LogP contribution >= 0.6 is 138 Å². The second-order valence-corrected chi connectivity index (χ2v) is 44.3. The second-order valence-electron chi connectivity index (χ2n) is 35.4. The lowest BCUT2D eigenvalue weighted by atomic mass is 10.1. The molecule has 0 saturated carbocycles. The van der Waals surface area contributed by atoms with Crippen LogP contribution in [0.15, 0.2) is 284 Å². The summed E-state index contributed by atoms with van der Waals surface area (Å²) in [7, 11) is 1.69. The van der Waals surface area contributed by atoms with E-state index in [1.54, 1.807) is 106 Å². The zero-order valence-electron chi connectivity index (χ0n) is 81.7. The van der Waals surface area contributed by atoms with Gasteiger partial charge in [-0.05, 0) is 184 Å². The molecule has 31 heteroatoms. The van der Waals surface area contributed by atoms with Crippen molar-refractivity contribution in [2.24, 2.45) is 0 Å². The summed E-state index contributed by atoms with van der Waals surface area (Å²) in [5, 5.41) is 33.9. The molecule has 19 nitrogen and oxygen atoms in total. The van der Waals surface area contributed by atoms with E-state index in [-0.39, 0.29) is 32.6 Å². The van der Waals surface area contributed by atoms with Gasteiger partial charge in [-0.15, -0.1) is 68.0 Å². The topological polar surface area (TPSA) is 258 Å². The van der Waals surface area contributed by atoms with Gasteiger partial charge in [0.2, 0.25) is 5.88 Å². The number of unbranched alkanes of at least 4 members (excludes halogenated alkanes) is 3. The minimum absolute atomic E-state index is 0.00482. The van der Waals surface area contributed by atoms with Gasteiger partial charge < -0.3 is 36.1 Å². The maximum absolute atomic E-state index is 13.3. The van der Waals surface area contributed by atoms with Gasteiger partial charge in [-0.3, -0.25) is 28.8 Å². The molecule has 0 saturated heterocycles. The number of hydrogen-bond donors (Lipinski definition) is 5. The summed E-state index contributed by atoms with van der Waals surface area (Å²) in [5.74, 6) is 4.43. The second kappa shape index (κ2) is 47.4. The molecule has 0 atom stereocenters.